The molecule has 4 nitrogen and oxygen atoms in total. The predicted octanol–water partition coefficient (Wildman–Crippen LogP) is 3.20. The van der Waals surface area contributed by atoms with E-state index in [9.17, 15) is 4.79 Å². The first-order chi connectivity index (χ1) is 10.8. The lowest BCUT2D eigenvalue weighted by atomic mass is 10.1. The van der Waals surface area contributed by atoms with Crippen molar-refractivity contribution in [3.05, 3.63) is 65.7 Å². The monoisotopic (exact) mass is 293 g/mol. The largest absolute Gasteiger partial charge is 0.495 e. The third kappa shape index (κ3) is 2.75. The first-order valence-corrected chi connectivity index (χ1v) is 6.95. The number of rotatable bonds is 2. The third-order valence-corrected chi connectivity index (χ3v) is 3.48. The zero-order valence-electron chi connectivity index (χ0n) is 12.2. The number of amides is 1. The van der Waals surface area contributed by atoms with E-state index >= 15 is 0 Å². The van der Waals surface area contributed by atoms with Crippen molar-refractivity contribution in [3.8, 4) is 17.7 Å². The summed E-state index contributed by atoms with van der Waals surface area (Å²) in [6, 6.07) is 19.9. The molecular formula is C18H15NO3. The van der Waals surface area contributed by atoms with E-state index in [0.29, 0.717) is 12.4 Å². The average molecular weight is 293 g/mol. The lowest BCUT2D eigenvalue weighted by Gasteiger charge is -2.14. The van der Waals surface area contributed by atoms with Crippen LogP contribution in [0.25, 0.3) is 0 Å². The average Bonchev–Trinajstić information content (AvgIpc) is 2.95. The quantitative estimate of drug-likeness (QED) is 0.798. The number of ether oxygens (including phenoxy) is 2. The molecule has 0 aromatic heterocycles. The number of benzene rings is 2. The van der Waals surface area contributed by atoms with Crippen LogP contribution in [-0.2, 0) is 4.74 Å². The molecule has 0 N–H and O–H groups in total. The number of methoxy groups -OCH3 is 1. The van der Waals surface area contributed by atoms with Gasteiger partial charge in [-0.25, -0.2) is 9.69 Å². The van der Waals surface area contributed by atoms with Gasteiger partial charge in [0.25, 0.3) is 0 Å². The van der Waals surface area contributed by atoms with Crippen molar-refractivity contribution in [2.24, 2.45) is 0 Å². The zero-order valence-corrected chi connectivity index (χ0v) is 12.2. The van der Waals surface area contributed by atoms with Crippen molar-refractivity contribution in [1.29, 1.82) is 0 Å². The van der Waals surface area contributed by atoms with Crippen LogP contribution in [0.3, 0.4) is 0 Å². The molecule has 1 fully saturated rings. The first-order valence-electron chi connectivity index (χ1n) is 6.95. The molecule has 1 amide bonds. The molecule has 3 rings (SSSR count). The molecule has 1 heterocycles. The van der Waals surface area contributed by atoms with Gasteiger partial charge in [-0.1, -0.05) is 42.5 Å². The van der Waals surface area contributed by atoms with E-state index in [2.05, 4.69) is 12.0 Å². The highest BCUT2D eigenvalue weighted by atomic mass is 16.6. The van der Waals surface area contributed by atoms with Gasteiger partial charge in [0.15, 0.2) is 0 Å². The van der Waals surface area contributed by atoms with Crippen LogP contribution in [0.1, 0.15) is 17.2 Å². The minimum Gasteiger partial charge on any atom is -0.495 e. The highest BCUT2D eigenvalue weighted by Crippen LogP contribution is 2.26. The topological polar surface area (TPSA) is 38.8 Å². The SMILES string of the molecule is COc1ccccc1C#CN1C(=O)OC[C@@H]1c1ccccc1. The highest BCUT2D eigenvalue weighted by molar-refractivity contribution is 5.73. The van der Waals surface area contributed by atoms with E-state index in [-0.39, 0.29) is 6.04 Å². The van der Waals surface area contributed by atoms with E-state index in [1.54, 1.807) is 7.11 Å². The van der Waals surface area contributed by atoms with Gasteiger partial charge in [-0.3, -0.25) is 0 Å². The Bertz CT molecular complexity index is 731. The molecule has 0 saturated carbocycles. The van der Waals surface area contributed by atoms with Crippen molar-refractivity contribution in [2.75, 3.05) is 13.7 Å². The molecule has 4 heteroatoms. The Kier molecular flexibility index (Phi) is 3.97. The smallest absolute Gasteiger partial charge is 0.422 e. The Morgan fingerprint density at radius 1 is 1.14 bits per heavy atom. The number of carbonyl (C=O) groups excluding carboxylic acids is 1. The Balaban J connectivity index is 1.90. The summed E-state index contributed by atoms with van der Waals surface area (Å²) in [6.07, 6.45) is -0.420. The van der Waals surface area contributed by atoms with E-state index in [4.69, 9.17) is 9.47 Å². The molecule has 110 valence electrons. The summed E-state index contributed by atoms with van der Waals surface area (Å²) in [4.78, 5) is 13.3. The number of para-hydroxylation sites is 1. The molecule has 1 atom stereocenters. The molecule has 0 spiro atoms. The van der Waals surface area contributed by atoms with Gasteiger partial charge in [0, 0.05) is 6.04 Å². The van der Waals surface area contributed by atoms with Gasteiger partial charge in [0.05, 0.1) is 12.7 Å². The molecule has 22 heavy (non-hydrogen) atoms. The van der Waals surface area contributed by atoms with Crippen LogP contribution in [0.2, 0.25) is 0 Å². The molecular weight excluding hydrogens is 278 g/mol. The maximum atomic E-state index is 11.9. The number of carbonyl (C=O) groups is 1. The van der Waals surface area contributed by atoms with Gasteiger partial charge in [0.2, 0.25) is 0 Å². The molecule has 2 aromatic rings. The fourth-order valence-electron chi connectivity index (χ4n) is 2.33. The second kappa shape index (κ2) is 6.23. The van der Waals surface area contributed by atoms with Crippen LogP contribution in [0, 0.1) is 12.0 Å². The van der Waals surface area contributed by atoms with E-state index in [0.717, 1.165) is 11.1 Å². The van der Waals surface area contributed by atoms with Gasteiger partial charge in [0.1, 0.15) is 18.4 Å². The van der Waals surface area contributed by atoms with Crippen molar-refractivity contribution in [2.45, 2.75) is 6.04 Å². The van der Waals surface area contributed by atoms with E-state index in [1.165, 1.54) is 4.90 Å². The normalized spacial score (nSPS) is 16.7. The van der Waals surface area contributed by atoms with Crippen LogP contribution in [0.4, 0.5) is 4.79 Å². The van der Waals surface area contributed by atoms with Gasteiger partial charge in [-0.2, -0.15) is 0 Å². The van der Waals surface area contributed by atoms with Gasteiger partial charge in [-0.05, 0) is 23.6 Å². The fourth-order valence-corrected chi connectivity index (χ4v) is 2.33. The minimum absolute atomic E-state index is 0.184. The highest BCUT2D eigenvalue weighted by Gasteiger charge is 2.33. The summed E-state index contributed by atoms with van der Waals surface area (Å²) in [6.45, 7) is 0.309. The molecule has 2 aromatic carbocycles. The molecule has 1 aliphatic rings. The number of cyclic esters (lactones) is 1. The maximum Gasteiger partial charge on any atom is 0.422 e. The molecule has 1 aliphatic heterocycles. The molecule has 0 aliphatic carbocycles. The van der Waals surface area contributed by atoms with Crippen molar-refractivity contribution >= 4 is 6.09 Å². The Hall–Kier alpha value is -2.93. The minimum atomic E-state index is -0.420. The number of nitrogens with zero attached hydrogens (tertiary/aromatic N) is 1. The van der Waals surface area contributed by atoms with Crippen molar-refractivity contribution < 1.29 is 14.3 Å². The standard InChI is InChI=1S/C18H15NO3/c1-21-17-10-6-5-9-15(17)11-12-19-16(13-22-18(19)20)14-7-3-2-4-8-14/h2-10,16H,13H2,1H3/t16-/m1/s1. The summed E-state index contributed by atoms with van der Waals surface area (Å²) in [5.41, 5.74) is 1.74. The molecule has 0 radical (unpaired) electrons. The predicted molar refractivity (Wildman–Crippen MR) is 82.2 cm³/mol. The summed E-state index contributed by atoms with van der Waals surface area (Å²) < 4.78 is 10.4. The lowest BCUT2D eigenvalue weighted by molar-refractivity contribution is 0.167. The number of hydrogen-bond donors (Lipinski definition) is 0. The molecule has 0 bridgehead atoms. The Morgan fingerprint density at radius 3 is 2.64 bits per heavy atom. The third-order valence-electron chi connectivity index (χ3n) is 3.48. The van der Waals surface area contributed by atoms with Crippen LogP contribution >= 0.6 is 0 Å². The molecule has 1 saturated heterocycles. The van der Waals surface area contributed by atoms with E-state index in [1.807, 2.05) is 54.6 Å². The van der Waals surface area contributed by atoms with Gasteiger partial charge in [-0.15, -0.1) is 0 Å². The lowest BCUT2D eigenvalue weighted by Crippen LogP contribution is -2.22. The Morgan fingerprint density at radius 2 is 1.86 bits per heavy atom. The summed E-state index contributed by atoms with van der Waals surface area (Å²) in [5.74, 6) is 3.67. The summed E-state index contributed by atoms with van der Waals surface area (Å²) in [7, 11) is 1.59. The van der Waals surface area contributed by atoms with Crippen LogP contribution in [0.5, 0.6) is 5.75 Å². The second-order valence-electron chi connectivity index (χ2n) is 4.81. The van der Waals surface area contributed by atoms with Crippen LogP contribution in [0.15, 0.2) is 54.6 Å². The zero-order chi connectivity index (χ0) is 15.4. The summed E-state index contributed by atoms with van der Waals surface area (Å²) in [5, 5.41) is 0. The van der Waals surface area contributed by atoms with Crippen molar-refractivity contribution in [3.63, 3.8) is 0 Å². The van der Waals surface area contributed by atoms with Gasteiger partial charge >= 0.3 is 6.09 Å². The Labute approximate surface area is 129 Å². The van der Waals surface area contributed by atoms with Gasteiger partial charge < -0.3 is 9.47 Å². The van der Waals surface area contributed by atoms with Crippen molar-refractivity contribution in [1.82, 2.24) is 4.90 Å². The summed E-state index contributed by atoms with van der Waals surface area (Å²) >= 11 is 0. The first kappa shape index (κ1) is 14.0. The molecule has 0 unspecified atom stereocenters. The fraction of sp³-hybridized carbons (Fsp3) is 0.167. The number of hydrogen-bond acceptors (Lipinski definition) is 3. The van der Waals surface area contributed by atoms with Crippen LogP contribution in [-0.4, -0.2) is 24.7 Å². The second-order valence-corrected chi connectivity index (χ2v) is 4.81. The van der Waals surface area contributed by atoms with Crippen LogP contribution < -0.4 is 4.74 Å². The van der Waals surface area contributed by atoms with E-state index < -0.39 is 6.09 Å². The maximum absolute atomic E-state index is 11.9.